The second-order valence-corrected chi connectivity index (χ2v) is 19.2. The maximum atomic E-state index is 14.6. The molecule has 25 atom stereocenters. The number of ether oxygens (including phenoxy) is 8. The Hall–Kier alpha value is -1.57. The summed E-state index contributed by atoms with van der Waals surface area (Å²) in [5.41, 5.74) is 1.85. The van der Waals surface area contributed by atoms with Gasteiger partial charge in [-0.2, -0.15) is 0 Å². The van der Waals surface area contributed by atoms with Crippen molar-refractivity contribution < 1.29 is 93.8 Å². The van der Waals surface area contributed by atoms with Crippen molar-refractivity contribution in [1.82, 2.24) is 0 Å². The van der Waals surface area contributed by atoms with E-state index in [0.29, 0.717) is 31.3 Å². The lowest BCUT2D eigenvalue weighted by atomic mass is 9.51. The van der Waals surface area contributed by atoms with E-state index in [1.54, 1.807) is 6.92 Å². The minimum atomic E-state index is -1.78. The topological polar surface area (TPSA) is 293 Å². The maximum absolute atomic E-state index is 14.6. The summed E-state index contributed by atoms with van der Waals surface area (Å²) < 4.78 is 49.2. The Morgan fingerprint density at radius 1 is 0.754 bits per heavy atom. The molecule has 9 aliphatic rings. The van der Waals surface area contributed by atoms with Crippen LogP contribution in [-0.2, 0) is 42.7 Å². The van der Waals surface area contributed by atoms with Crippen LogP contribution >= 0.6 is 0 Å². The van der Waals surface area contributed by atoms with Gasteiger partial charge in [-0.25, -0.2) is 0 Å². The monoisotopic (exact) mass is 870 g/mol. The van der Waals surface area contributed by atoms with Crippen LogP contribution in [0.15, 0.2) is 22.8 Å². The molecule has 5 aliphatic heterocycles. The number of rotatable bonds is 6. The highest BCUT2D eigenvalue weighted by Crippen LogP contribution is 2.64. The Morgan fingerprint density at radius 2 is 1.44 bits per heavy atom. The van der Waals surface area contributed by atoms with Crippen molar-refractivity contribution in [3.63, 3.8) is 0 Å². The summed E-state index contributed by atoms with van der Waals surface area (Å²) in [6.45, 7) is 6.61. The van der Waals surface area contributed by atoms with E-state index >= 15 is 0 Å². The Morgan fingerprint density at radius 3 is 2.20 bits per heavy atom. The first-order valence-corrected chi connectivity index (χ1v) is 21.8. The number of carbonyl (C=O) groups is 1. The van der Waals surface area contributed by atoms with Crippen molar-refractivity contribution in [2.75, 3.05) is 19.8 Å². The quantitative estimate of drug-likeness (QED) is 0.121. The van der Waals surface area contributed by atoms with Crippen molar-refractivity contribution >= 4 is 5.78 Å². The Balaban J connectivity index is 1.01. The van der Waals surface area contributed by atoms with Gasteiger partial charge in [0.2, 0.25) is 5.79 Å². The number of fused-ring (bicyclic) bond motifs is 6. The first-order valence-electron chi connectivity index (χ1n) is 21.8. The van der Waals surface area contributed by atoms with Gasteiger partial charge in [0.05, 0.1) is 44.2 Å². The highest BCUT2D eigenvalue weighted by Gasteiger charge is 2.68. The number of carbonyl (C=O) groups excluding carboxylic acids is 1. The number of hydrogen-bond acceptors (Lipinski definition) is 19. The number of aliphatic hydroxyl groups is 10. The molecule has 5 heterocycles. The van der Waals surface area contributed by atoms with Crippen molar-refractivity contribution in [1.29, 1.82) is 0 Å². The molecule has 1 saturated carbocycles. The van der Waals surface area contributed by atoms with Gasteiger partial charge in [0.1, 0.15) is 67.1 Å². The smallest absolute Gasteiger partial charge is 0.201 e. The first kappa shape index (κ1) is 44.6. The fraction of sp³-hybridized carbons (Fsp3) is 0.881. The van der Waals surface area contributed by atoms with Gasteiger partial charge in [0.25, 0.3) is 0 Å². The van der Waals surface area contributed by atoms with Crippen LogP contribution in [0.3, 0.4) is 0 Å². The van der Waals surface area contributed by atoms with Crippen LogP contribution in [0.1, 0.15) is 59.8 Å². The lowest BCUT2D eigenvalue weighted by Gasteiger charge is -2.56. The predicted octanol–water partition coefficient (Wildman–Crippen LogP) is -2.74. The second kappa shape index (κ2) is 16.4. The molecule has 5 saturated heterocycles. The number of allylic oxidation sites excluding steroid dienone is 1. The molecule has 344 valence electrons. The number of ketones is 1. The zero-order valence-corrected chi connectivity index (χ0v) is 34.7. The molecule has 0 bridgehead atoms. The van der Waals surface area contributed by atoms with E-state index < -0.39 is 134 Å². The molecule has 6 fully saturated rings. The molecule has 0 amide bonds. The van der Waals surface area contributed by atoms with Crippen LogP contribution < -0.4 is 0 Å². The lowest BCUT2D eigenvalue weighted by molar-refractivity contribution is -0.382. The summed E-state index contributed by atoms with van der Waals surface area (Å²) in [5, 5.41) is 108. The Labute approximate surface area is 352 Å². The molecule has 19 nitrogen and oxygen atoms in total. The van der Waals surface area contributed by atoms with E-state index in [2.05, 4.69) is 13.0 Å². The van der Waals surface area contributed by atoms with Gasteiger partial charge in [-0.05, 0) is 44.4 Å². The third kappa shape index (κ3) is 6.97. The summed E-state index contributed by atoms with van der Waals surface area (Å²) in [5.74, 6) is -3.15. The van der Waals surface area contributed by atoms with Crippen molar-refractivity contribution in [2.45, 2.75) is 176 Å². The van der Waals surface area contributed by atoms with Gasteiger partial charge in [-0.15, -0.1) is 0 Å². The largest absolute Gasteiger partial charge is 0.393 e. The zero-order chi connectivity index (χ0) is 43.6. The van der Waals surface area contributed by atoms with Crippen LogP contribution in [0.4, 0.5) is 0 Å². The molecular formula is C42H62O19. The highest BCUT2D eigenvalue weighted by atomic mass is 16.8. The molecule has 0 aromatic heterocycles. The summed E-state index contributed by atoms with van der Waals surface area (Å²) >= 11 is 0. The normalized spacial score (nSPS) is 56.1. The molecule has 19 heteroatoms. The van der Waals surface area contributed by atoms with Crippen molar-refractivity contribution in [3.05, 3.63) is 22.8 Å². The molecular weight excluding hydrogens is 808 g/mol. The van der Waals surface area contributed by atoms with Gasteiger partial charge >= 0.3 is 0 Å². The third-order valence-corrected chi connectivity index (χ3v) is 15.8. The Bertz CT molecular complexity index is 1730. The van der Waals surface area contributed by atoms with Crippen molar-refractivity contribution in [2.24, 2.45) is 35.0 Å². The molecule has 61 heavy (non-hydrogen) atoms. The Kier molecular flexibility index (Phi) is 12.0. The summed E-state index contributed by atoms with van der Waals surface area (Å²) in [6.07, 6.45) is -20.3. The molecule has 25 unspecified atom stereocenters. The van der Waals surface area contributed by atoms with Crippen LogP contribution in [0.25, 0.3) is 0 Å². The first-order chi connectivity index (χ1) is 28.9. The molecule has 9 rings (SSSR count). The van der Waals surface area contributed by atoms with Crippen LogP contribution in [-0.4, -0.2) is 193 Å². The van der Waals surface area contributed by atoms with Crippen molar-refractivity contribution in [3.8, 4) is 0 Å². The predicted molar refractivity (Wildman–Crippen MR) is 202 cm³/mol. The fourth-order valence-corrected chi connectivity index (χ4v) is 12.2. The minimum absolute atomic E-state index is 0.139. The molecule has 0 aromatic rings. The average Bonchev–Trinajstić information content (AvgIpc) is 3.69. The number of Topliss-reactive ketones (excluding diaryl/α,β-unsaturated/α-hetero) is 1. The van der Waals surface area contributed by atoms with E-state index in [9.17, 15) is 55.9 Å². The van der Waals surface area contributed by atoms with Gasteiger partial charge in [-0.1, -0.05) is 38.0 Å². The zero-order valence-electron chi connectivity index (χ0n) is 34.7. The van der Waals surface area contributed by atoms with E-state index in [4.69, 9.17) is 37.9 Å². The van der Waals surface area contributed by atoms with Crippen LogP contribution in [0.5, 0.6) is 0 Å². The van der Waals surface area contributed by atoms with Gasteiger partial charge in [0, 0.05) is 35.2 Å². The van der Waals surface area contributed by atoms with Crippen LogP contribution in [0, 0.1) is 35.0 Å². The molecule has 0 aromatic carbocycles. The molecule has 10 N–H and O–H groups in total. The van der Waals surface area contributed by atoms with Gasteiger partial charge < -0.3 is 89.0 Å². The van der Waals surface area contributed by atoms with E-state index in [0.717, 1.165) is 11.1 Å². The fourth-order valence-electron chi connectivity index (χ4n) is 12.2. The minimum Gasteiger partial charge on any atom is -0.393 e. The molecule has 4 aliphatic carbocycles. The van der Waals surface area contributed by atoms with Gasteiger partial charge in [-0.3, -0.25) is 4.79 Å². The lowest BCUT2D eigenvalue weighted by Crippen LogP contribution is -2.65. The third-order valence-electron chi connectivity index (χ3n) is 15.8. The molecule has 0 radical (unpaired) electrons. The average molecular weight is 871 g/mol. The summed E-state index contributed by atoms with van der Waals surface area (Å²) in [6, 6.07) is 0. The van der Waals surface area contributed by atoms with Crippen LogP contribution in [0.2, 0.25) is 0 Å². The summed E-state index contributed by atoms with van der Waals surface area (Å²) in [4.78, 5) is 14.6. The SMILES string of the molecule is CC1COC2(OC3C(=O)C4=C(CCC5C4CC=C4CC(O)CC(OC6OCC(O)C(OC7OCC(O)C(O)C7O)C6OC6OC(C)C(O)C(O)C6O)C45C)C3C2C)C(O)C1O. The molecule has 1 spiro atoms. The van der Waals surface area contributed by atoms with E-state index in [-0.39, 0.29) is 49.1 Å². The number of hydrogen-bond donors (Lipinski definition) is 10. The second-order valence-electron chi connectivity index (χ2n) is 19.2. The van der Waals surface area contributed by atoms with Gasteiger partial charge in [0.15, 0.2) is 24.7 Å². The standard InChI is InChI=1S/C42H62O19/c1-14-11-56-42(37(53)27(14)46)15(2)25-20-7-8-21-19(26(20)30(49)35(25)61-42)6-5-17-9-18(43)10-24(41(17,21)4)58-40-36(60-39-33(52)31(50)28(47)16(3)57-39)34(23(45)13-55-40)59-38-32(51)29(48)22(44)12-54-38/h5,14-16,18-19,21-25,27-29,31-40,43-48,50-53H,6-13H2,1-4H3. The number of aliphatic hydroxyl groups excluding tert-OH is 10. The highest BCUT2D eigenvalue weighted by molar-refractivity contribution is 6.04. The van der Waals surface area contributed by atoms with E-state index in [1.807, 2.05) is 6.92 Å². The summed E-state index contributed by atoms with van der Waals surface area (Å²) in [7, 11) is 0. The van der Waals surface area contributed by atoms with E-state index in [1.165, 1.54) is 6.92 Å². The maximum Gasteiger partial charge on any atom is 0.201 e.